The largest absolute Gasteiger partial charge is 0.419 e. The maximum Gasteiger partial charge on any atom is 0.254 e. The maximum atomic E-state index is 13.1. The maximum absolute atomic E-state index is 13.1. The van der Waals surface area contributed by atoms with Crippen molar-refractivity contribution in [3.63, 3.8) is 0 Å². The van der Waals surface area contributed by atoms with Crippen molar-refractivity contribution in [2.45, 2.75) is 6.54 Å². The molecule has 0 radical (unpaired) electrons. The third-order valence-corrected chi connectivity index (χ3v) is 6.21. The van der Waals surface area contributed by atoms with Crippen molar-refractivity contribution in [1.82, 2.24) is 20.0 Å². The number of aromatic nitrogens is 2. The average Bonchev–Trinajstić information content (AvgIpc) is 3.27. The molecule has 4 aromatic rings. The number of hydrogen-bond acceptors (Lipinski definition) is 5. The van der Waals surface area contributed by atoms with Gasteiger partial charge in [0.1, 0.15) is 0 Å². The number of amides is 1. The van der Waals surface area contributed by atoms with Gasteiger partial charge in [0.2, 0.25) is 11.8 Å². The first-order valence-corrected chi connectivity index (χ1v) is 11.1. The number of rotatable bonds is 4. The Hall–Kier alpha value is -2.93. The molecule has 32 heavy (non-hydrogen) atoms. The van der Waals surface area contributed by atoms with Crippen molar-refractivity contribution >= 4 is 39.9 Å². The Balaban J connectivity index is 1.23. The smallest absolute Gasteiger partial charge is 0.254 e. The normalized spacial score (nSPS) is 14.8. The summed E-state index contributed by atoms with van der Waals surface area (Å²) in [7, 11) is 0. The number of piperazine rings is 1. The first kappa shape index (κ1) is 20.9. The van der Waals surface area contributed by atoms with Crippen molar-refractivity contribution < 1.29 is 9.21 Å². The molecule has 1 saturated heterocycles. The SMILES string of the molecule is O=C(c1cccc2ccccc12)N1CCN(Cc2nnc(-c3ccc(Cl)cc3Cl)o2)CC1. The van der Waals surface area contributed by atoms with E-state index in [0.717, 1.165) is 29.4 Å². The van der Waals surface area contributed by atoms with Gasteiger partial charge in [0, 0.05) is 36.8 Å². The van der Waals surface area contributed by atoms with E-state index in [2.05, 4.69) is 15.1 Å². The van der Waals surface area contributed by atoms with Crippen molar-refractivity contribution in [1.29, 1.82) is 0 Å². The number of halogens is 2. The Morgan fingerprint density at radius 2 is 1.72 bits per heavy atom. The molecule has 0 saturated carbocycles. The molecule has 6 nitrogen and oxygen atoms in total. The van der Waals surface area contributed by atoms with E-state index in [-0.39, 0.29) is 5.91 Å². The molecule has 0 unspecified atom stereocenters. The lowest BCUT2D eigenvalue weighted by atomic mass is 10.0. The molecule has 0 aliphatic carbocycles. The van der Waals surface area contributed by atoms with Crippen LogP contribution in [0.4, 0.5) is 0 Å². The molecule has 3 aromatic carbocycles. The van der Waals surface area contributed by atoms with E-state index in [4.69, 9.17) is 27.6 Å². The lowest BCUT2D eigenvalue weighted by molar-refractivity contribution is 0.0620. The fraction of sp³-hybridized carbons (Fsp3) is 0.208. The Morgan fingerprint density at radius 3 is 2.53 bits per heavy atom. The summed E-state index contributed by atoms with van der Waals surface area (Å²) in [5, 5.41) is 11.4. The molecule has 1 aliphatic heterocycles. The standard InChI is InChI=1S/C24H20Cl2N4O2/c25-17-8-9-20(21(26)14-17)23-28-27-22(32-23)15-29-10-12-30(13-11-29)24(31)19-7-3-5-16-4-1-2-6-18(16)19/h1-9,14H,10-13,15H2. The van der Waals surface area contributed by atoms with Gasteiger partial charge in [0.15, 0.2) is 0 Å². The van der Waals surface area contributed by atoms with Crippen LogP contribution in [0.5, 0.6) is 0 Å². The summed E-state index contributed by atoms with van der Waals surface area (Å²) in [6.45, 7) is 3.28. The fourth-order valence-corrected chi connectivity index (χ4v) is 4.46. The van der Waals surface area contributed by atoms with Crippen LogP contribution in [0.15, 0.2) is 65.1 Å². The highest BCUT2D eigenvalue weighted by molar-refractivity contribution is 6.36. The zero-order valence-corrected chi connectivity index (χ0v) is 18.7. The molecule has 1 fully saturated rings. The number of nitrogens with zero attached hydrogens (tertiary/aromatic N) is 4. The summed E-state index contributed by atoms with van der Waals surface area (Å²) in [6.07, 6.45) is 0. The van der Waals surface area contributed by atoms with E-state index in [1.165, 1.54) is 0 Å². The Bertz CT molecular complexity index is 1280. The molecule has 0 bridgehead atoms. The second kappa shape index (κ2) is 8.90. The van der Waals surface area contributed by atoms with Crippen molar-refractivity contribution in [2.75, 3.05) is 26.2 Å². The molecular weight excluding hydrogens is 447 g/mol. The van der Waals surface area contributed by atoms with Crippen LogP contribution in [0.3, 0.4) is 0 Å². The third-order valence-electron chi connectivity index (χ3n) is 5.67. The van der Waals surface area contributed by atoms with Gasteiger partial charge in [-0.15, -0.1) is 10.2 Å². The van der Waals surface area contributed by atoms with Gasteiger partial charge in [-0.25, -0.2) is 0 Å². The van der Waals surface area contributed by atoms with Gasteiger partial charge < -0.3 is 9.32 Å². The minimum absolute atomic E-state index is 0.0684. The Morgan fingerprint density at radius 1 is 0.938 bits per heavy atom. The van der Waals surface area contributed by atoms with Gasteiger partial charge in [-0.05, 0) is 35.0 Å². The molecule has 8 heteroatoms. The van der Waals surface area contributed by atoms with Gasteiger partial charge in [-0.3, -0.25) is 9.69 Å². The average molecular weight is 467 g/mol. The number of carbonyl (C=O) groups is 1. The molecule has 2 heterocycles. The van der Waals surface area contributed by atoms with Crippen LogP contribution < -0.4 is 0 Å². The zero-order chi connectivity index (χ0) is 22.1. The molecule has 0 spiro atoms. The third kappa shape index (κ3) is 4.21. The van der Waals surface area contributed by atoms with Gasteiger partial charge >= 0.3 is 0 Å². The summed E-state index contributed by atoms with van der Waals surface area (Å²) in [4.78, 5) is 17.2. The van der Waals surface area contributed by atoms with Gasteiger partial charge in [-0.2, -0.15) is 0 Å². The van der Waals surface area contributed by atoms with E-state index >= 15 is 0 Å². The summed E-state index contributed by atoms with van der Waals surface area (Å²) in [5.74, 6) is 0.949. The molecule has 5 rings (SSSR count). The van der Waals surface area contributed by atoms with Crippen molar-refractivity contribution in [3.8, 4) is 11.5 Å². The minimum Gasteiger partial charge on any atom is -0.419 e. The second-order valence-corrected chi connectivity index (χ2v) is 8.56. The zero-order valence-electron chi connectivity index (χ0n) is 17.2. The highest BCUT2D eigenvalue weighted by atomic mass is 35.5. The summed E-state index contributed by atoms with van der Waals surface area (Å²) in [6, 6.07) is 19.0. The Kier molecular flexibility index (Phi) is 5.83. The summed E-state index contributed by atoms with van der Waals surface area (Å²) in [5.41, 5.74) is 1.40. The van der Waals surface area contributed by atoms with Crippen LogP contribution in [-0.2, 0) is 6.54 Å². The lowest BCUT2D eigenvalue weighted by Crippen LogP contribution is -2.48. The predicted octanol–water partition coefficient (Wildman–Crippen LogP) is 5.15. The number of fused-ring (bicyclic) bond motifs is 1. The van der Waals surface area contributed by atoms with E-state index in [9.17, 15) is 4.79 Å². The van der Waals surface area contributed by atoms with Gasteiger partial charge in [-0.1, -0.05) is 59.6 Å². The van der Waals surface area contributed by atoms with E-state index < -0.39 is 0 Å². The van der Waals surface area contributed by atoms with Crippen LogP contribution in [0.25, 0.3) is 22.2 Å². The second-order valence-electron chi connectivity index (χ2n) is 7.72. The molecule has 1 aromatic heterocycles. The quantitative estimate of drug-likeness (QED) is 0.415. The van der Waals surface area contributed by atoms with E-state index in [0.29, 0.717) is 47.0 Å². The highest BCUT2D eigenvalue weighted by Crippen LogP contribution is 2.29. The van der Waals surface area contributed by atoms with Crippen molar-refractivity contribution in [3.05, 3.63) is 82.2 Å². The van der Waals surface area contributed by atoms with Crippen LogP contribution in [0, 0.1) is 0 Å². The van der Waals surface area contributed by atoms with E-state index in [1.807, 2.05) is 47.4 Å². The molecule has 1 aliphatic rings. The van der Waals surface area contributed by atoms with Crippen LogP contribution >= 0.6 is 23.2 Å². The molecule has 162 valence electrons. The molecule has 0 N–H and O–H groups in total. The van der Waals surface area contributed by atoms with Crippen LogP contribution in [0.2, 0.25) is 10.0 Å². The topological polar surface area (TPSA) is 62.5 Å². The van der Waals surface area contributed by atoms with Gasteiger partial charge in [0.05, 0.1) is 17.1 Å². The highest BCUT2D eigenvalue weighted by Gasteiger charge is 2.24. The van der Waals surface area contributed by atoms with Gasteiger partial charge in [0.25, 0.3) is 5.91 Å². The lowest BCUT2D eigenvalue weighted by Gasteiger charge is -2.34. The number of hydrogen-bond donors (Lipinski definition) is 0. The fourth-order valence-electron chi connectivity index (χ4n) is 3.97. The number of carbonyl (C=O) groups excluding carboxylic acids is 1. The number of benzene rings is 3. The van der Waals surface area contributed by atoms with E-state index in [1.54, 1.807) is 18.2 Å². The van der Waals surface area contributed by atoms with Crippen LogP contribution in [0.1, 0.15) is 16.2 Å². The molecule has 1 amide bonds. The molecule has 0 atom stereocenters. The minimum atomic E-state index is 0.0684. The monoisotopic (exact) mass is 466 g/mol. The predicted molar refractivity (Wildman–Crippen MR) is 125 cm³/mol. The Labute approximate surface area is 195 Å². The summed E-state index contributed by atoms with van der Waals surface area (Å²) < 4.78 is 5.81. The first-order valence-electron chi connectivity index (χ1n) is 10.4. The molecular formula is C24H20Cl2N4O2. The first-order chi connectivity index (χ1) is 15.6. The van der Waals surface area contributed by atoms with Crippen LogP contribution in [-0.4, -0.2) is 52.1 Å². The van der Waals surface area contributed by atoms with Crippen molar-refractivity contribution in [2.24, 2.45) is 0 Å². The summed E-state index contributed by atoms with van der Waals surface area (Å²) >= 11 is 12.2.